The first-order valence-corrected chi connectivity index (χ1v) is 7.90. The Morgan fingerprint density at radius 1 is 1.33 bits per heavy atom. The summed E-state index contributed by atoms with van der Waals surface area (Å²) in [6.45, 7) is 2.73. The predicted octanol–water partition coefficient (Wildman–Crippen LogP) is 3.57. The summed E-state index contributed by atoms with van der Waals surface area (Å²) in [6, 6.07) is 7.17. The van der Waals surface area contributed by atoms with Crippen molar-refractivity contribution in [2.24, 2.45) is 0 Å². The lowest BCUT2D eigenvalue weighted by Crippen LogP contribution is -2.43. The second-order valence-electron chi connectivity index (χ2n) is 5.47. The number of nitrogens with zero attached hydrogens (tertiary/aromatic N) is 1. The fourth-order valence-corrected chi connectivity index (χ4v) is 3.18. The van der Waals surface area contributed by atoms with Gasteiger partial charge in [0.2, 0.25) is 0 Å². The second-order valence-corrected chi connectivity index (χ2v) is 6.39. The number of benzene rings is 1. The van der Waals surface area contributed by atoms with Crippen LogP contribution in [0.3, 0.4) is 0 Å². The molecular weight excluding hydrogens is 334 g/mol. The standard InChI is InChI=1S/C16H16BrNO3/c1-10-4-2-3-7-18(10)15(19)13-9-11-8-12(17)5-6-14(11)21-16(13)20/h5-6,8-10H,2-4,7H2,1H3/t10-/m1/s1. The van der Waals surface area contributed by atoms with E-state index in [1.54, 1.807) is 23.1 Å². The number of halogens is 1. The van der Waals surface area contributed by atoms with Crippen molar-refractivity contribution >= 4 is 32.8 Å². The van der Waals surface area contributed by atoms with E-state index >= 15 is 0 Å². The second kappa shape index (κ2) is 5.64. The minimum Gasteiger partial charge on any atom is -0.422 e. The van der Waals surface area contributed by atoms with E-state index in [1.165, 1.54) is 0 Å². The largest absolute Gasteiger partial charge is 0.422 e. The van der Waals surface area contributed by atoms with Crippen molar-refractivity contribution in [2.75, 3.05) is 6.54 Å². The van der Waals surface area contributed by atoms with Crippen molar-refractivity contribution in [3.8, 4) is 0 Å². The van der Waals surface area contributed by atoms with Gasteiger partial charge in [-0.3, -0.25) is 4.79 Å². The van der Waals surface area contributed by atoms with E-state index in [0.29, 0.717) is 12.1 Å². The van der Waals surface area contributed by atoms with Crippen molar-refractivity contribution in [2.45, 2.75) is 32.2 Å². The Hall–Kier alpha value is -1.62. The van der Waals surface area contributed by atoms with Crippen LogP contribution in [0, 0.1) is 0 Å². The molecule has 0 aliphatic carbocycles. The third-order valence-electron chi connectivity index (χ3n) is 3.99. The minimum atomic E-state index is -0.562. The molecule has 0 bridgehead atoms. The zero-order valence-electron chi connectivity index (χ0n) is 11.8. The van der Waals surface area contributed by atoms with E-state index in [2.05, 4.69) is 15.9 Å². The number of likely N-dealkylation sites (tertiary alicyclic amines) is 1. The fourth-order valence-electron chi connectivity index (χ4n) is 2.80. The maximum Gasteiger partial charge on any atom is 0.349 e. The number of piperidine rings is 1. The molecule has 0 N–H and O–H groups in total. The van der Waals surface area contributed by atoms with Gasteiger partial charge in [-0.2, -0.15) is 0 Å². The Balaban J connectivity index is 2.04. The zero-order chi connectivity index (χ0) is 15.0. The van der Waals surface area contributed by atoms with Gasteiger partial charge >= 0.3 is 5.63 Å². The third kappa shape index (κ3) is 2.75. The Kier molecular flexibility index (Phi) is 3.85. The van der Waals surface area contributed by atoms with E-state index in [1.807, 2.05) is 13.0 Å². The van der Waals surface area contributed by atoms with Gasteiger partial charge < -0.3 is 9.32 Å². The number of amides is 1. The molecule has 0 spiro atoms. The highest BCUT2D eigenvalue weighted by Gasteiger charge is 2.26. The van der Waals surface area contributed by atoms with Crippen LogP contribution in [0.2, 0.25) is 0 Å². The molecule has 2 aromatic rings. The maximum absolute atomic E-state index is 12.6. The summed E-state index contributed by atoms with van der Waals surface area (Å²) >= 11 is 3.38. The molecule has 1 saturated heterocycles. The molecule has 110 valence electrons. The summed E-state index contributed by atoms with van der Waals surface area (Å²) < 4.78 is 6.15. The molecule has 1 aromatic heterocycles. The smallest absolute Gasteiger partial charge is 0.349 e. The van der Waals surface area contributed by atoms with Gasteiger partial charge in [0, 0.05) is 22.4 Å². The van der Waals surface area contributed by atoms with Crippen LogP contribution >= 0.6 is 15.9 Å². The molecule has 0 radical (unpaired) electrons. The van der Waals surface area contributed by atoms with Crippen LogP contribution in [-0.2, 0) is 0 Å². The first kappa shape index (κ1) is 14.3. The van der Waals surface area contributed by atoms with Crippen molar-refractivity contribution in [1.29, 1.82) is 0 Å². The number of carbonyl (C=O) groups excluding carboxylic acids is 1. The van der Waals surface area contributed by atoms with Gasteiger partial charge in [-0.15, -0.1) is 0 Å². The number of hydrogen-bond acceptors (Lipinski definition) is 3. The highest BCUT2D eigenvalue weighted by atomic mass is 79.9. The SMILES string of the molecule is C[C@@H]1CCCCN1C(=O)c1cc2cc(Br)ccc2oc1=O. The fraction of sp³-hybridized carbons (Fsp3) is 0.375. The van der Waals surface area contributed by atoms with Crippen LogP contribution in [-0.4, -0.2) is 23.4 Å². The molecule has 1 aliphatic rings. The Labute approximate surface area is 130 Å². The molecule has 1 amide bonds. The van der Waals surface area contributed by atoms with E-state index in [0.717, 1.165) is 29.1 Å². The zero-order valence-corrected chi connectivity index (χ0v) is 13.4. The summed E-state index contributed by atoms with van der Waals surface area (Å²) in [5, 5.41) is 0.747. The minimum absolute atomic E-state index is 0.120. The normalized spacial score (nSPS) is 19.0. The van der Waals surface area contributed by atoms with Gasteiger partial charge in [-0.05, 0) is 50.5 Å². The molecule has 2 heterocycles. The molecule has 1 fully saturated rings. The van der Waals surface area contributed by atoms with Gasteiger partial charge in [-0.25, -0.2) is 4.79 Å². The summed E-state index contributed by atoms with van der Waals surface area (Å²) in [6.07, 6.45) is 3.10. The predicted molar refractivity (Wildman–Crippen MR) is 84.5 cm³/mol. The number of rotatable bonds is 1. The van der Waals surface area contributed by atoms with E-state index < -0.39 is 5.63 Å². The molecule has 1 aliphatic heterocycles. The van der Waals surface area contributed by atoms with Crippen LogP contribution < -0.4 is 5.63 Å². The summed E-state index contributed by atoms with van der Waals surface area (Å²) in [7, 11) is 0. The maximum atomic E-state index is 12.6. The Bertz CT molecular complexity index is 753. The summed E-state index contributed by atoms with van der Waals surface area (Å²) in [5.74, 6) is -0.224. The third-order valence-corrected chi connectivity index (χ3v) is 4.48. The highest BCUT2D eigenvalue weighted by molar-refractivity contribution is 9.10. The molecule has 1 atom stereocenters. The number of hydrogen-bond donors (Lipinski definition) is 0. The quantitative estimate of drug-likeness (QED) is 0.739. The topological polar surface area (TPSA) is 50.5 Å². The van der Waals surface area contributed by atoms with Gasteiger partial charge in [-0.1, -0.05) is 15.9 Å². The lowest BCUT2D eigenvalue weighted by molar-refractivity contribution is 0.0631. The van der Waals surface area contributed by atoms with Crippen LogP contribution in [0.5, 0.6) is 0 Å². The average Bonchev–Trinajstić information content (AvgIpc) is 2.47. The van der Waals surface area contributed by atoms with Crippen molar-refractivity contribution < 1.29 is 9.21 Å². The van der Waals surface area contributed by atoms with Gasteiger partial charge in [0.25, 0.3) is 5.91 Å². The first-order chi connectivity index (χ1) is 10.1. The van der Waals surface area contributed by atoms with Crippen LogP contribution in [0.15, 0.2) is 37.9 Å². The summed E-state index contributed by atoms with van der Waals surface area (Å²) in [5.41, 5.74) is 0.0494. The van der Waals surface area contributed by atoms with Gasteiger partial charge in [0.1, 0.15) is 11.1 Å². The van der Waals surface area contributed by atoms with E-state index in [-0.39, 0.29) is 17.5 Å². The average molecular weight is 350 g/mol. The Morgan fingerprint density at radius 3 is 2.90 bits per heavy atom. The number of fused-ring (bicyclic) bond motifs is 1. The van der Waals surface area contributed by atoms with Gasteiger partial charge in [0.05, 0.1) is 0 Å². The highest BCUT2D eigenvalue weighted by Crippen LogP contribution is 2.22. The molecule has 1 aromatic carbocycles. The lowest BCUT2D eigenvalue weighted by atomic mass is 10.0. The molecule has 3 rings (SSSR count). The molecule has 5 heteroatoms. The number of carbonyl (C=O) groups is 1. The Morgan fingerprint density at radius 2 is 2.14 bits per heavy atom. The van der Waals surface area contributed by atoms with Crippen LogP contribution in [0.1, 0.15) is 36.5 Å². The van der Waals surface area contributed by atoms with Gasteiger partial charge in [0.15, 0.2) is 0 Å². The first-order valence-electron chi connectivity index (χ1n) is 7.10. The van der Waals surface area contributed by atoms with Crippen LogP contribution in [0.4, 0.5) is 0 Å². The van der Waals surface area contributed by atoms with E-state index in [9.17, 15) is 9.59 Å². The van der Waals surface area contributed by atoms with Crippen molar-refractivity contribution in [3.63, 3.8) is 0 Å². The van der Waals surface area contributed by atoms with E-state index in [4.69, 9.17) is 4.42 Å². The molecular formula is C16H16BrNO3. The molecule has 0 unspecified atom stereocenters. The van der Waals surface area contributed by atoms with Crippen molar-refractivity contribution in [1.82, 2.24) is 4.90 Å². The molecule has 0 saturated carbocycles. The monoisotopic (exact) mass is 349 g/mol. The molecule has 21 heavy (non-hydrogen) atoms. The summed E-state index contributed by atoms with van der Waals surface area (Å²) in [4.78, 5) is 26.5. The molecule has 4 nitrogen and oxygen atoms in total. The van der Waals surface area contributed by atoms with Crippen LogP contribution in [0.25, 0.3) is 11.0 Å². The lowest BCUT2D eigenvalue weighted by Gasteiger charge is -2.33. The van der Waals surface area contributed by atoms with Crippen molar-refractivity contribution in [3.05, 3.63) is 44.7 Å².